The maximum absolute atomic E-state index is 13.6. The Hall–Kier alpha value is -3.01. The lowest BCUT2D eigenvalue weighted by Crippen LogP contribution is -2.34. The summed E-state index contributed by atoms with van der Waals surface area (Å²) in [6.45, 7) is 1.80. The van der Waals surface area contributed by atoms with Gasteiger partial charge < -0.3 is 4.90 Å². The lowest BCUT2D eigenvalue weighted by molar-refractivity contribution is -0.132. The summed E-state index contributed by atoms with van der Waals surface area (Å²) in [6, 6.07) is 22.4. The molecule has 1 atom stereocenters. The van der Waals surface area contributed by atoms with Crippen LogP contribution in [0.15, 0.2) is 78.9 Å². The Kier molecular flexibility index (Phi) is 5.65. The van der Waals surface area contributed by atoms with E-state index in [0.717, 1.165) is 23.3 Å². The highest BCUT2D eigenvalue weighted by molar-refractivity contribution is 5.87. The Morgan fingerprint density at radius 1 is 0.778 bits per heavy atom. The molecule has 0 aliphatic heterocycles. The first-order chi connectivity index (χ1) is 13.0. The molecule has 0 aromatic heterocycles. The van der Waals surface area contributed by atoms with E-state index in [9.17, 15) is 13.6 Å². The van der Waals surface area contributed by atoms with E-state index in [-0.39, 0.29) is 5.91 Å². The first-order valence-electron chi connectivity index (χ1n) is 8.80. The molecular weight excluding hydrogens is 344 g/mol. The Bertz CT molecular complexity index is 873. The molecule has 0 bridgehead atoms. The van der Waals surface area contributed by atoms with E-state index in [4.69, 9.17) is 0 Å². The average molecular weight is 365 g/mol. The van der Waals surface area contributed by atoms with Crippen LogP contribution in [-0.4, -0.2) is 17.9 Å². The van der Waals surface area contributed by atoms with Crippen molar-refractivity contribution in [2.45, 2.75) is 18.9 Å². The van der Waals surface area contributed by atoms with E-state index in [1.54, 1.807) is 18.9 Å². The number of amides is 1. The third-order valence-corrected chi connectivity index (χ3v) is 4.87. The number of benzene rings is 3. The Labute approximate surface area is 158 Å². The van der Waals surface area contributed by atoms with E-state index >= 15 is 0 Å². The van der Waals surface area contributed by atoms with Crippen LogP contribution in [0.25, 0.3) is 0 Å². The summed E-state index contributed by atoms with van der Waals surface area (Å²) in [7, 11) is 1.69. The second-order valence-corrected chi connectivity index (χ2v) is 6.55. The van der Waals surface area contributed by atoms with E-state index in [1.165, 1.54) is 6.07 Å². The van der Waals surface area contributed by atoms with Crippen LogP contribution in [0.5, 0.6) is 0 Å². The molecule has 0 heterocycles. The maximum atomic E-state index is 13.6. The highest BCUT2D eigenvalue weighted by Crippen LogP contribution is 2.30. The Morgan fingerprint density at radius 3 is 1.78 bits per heavy atom. The van der Waals surface area contributed by atoms with Crippen molar-refractivity contribution in [2.75, 3.05) is 7.05 Å². The highest BCUT2D eigenvalue weighted by Gasteiger charge is 2.28. The molecule has 2 nitrogen and oxygen atoms in total. The molecule has 4 heteroatoms. The van der Waals surface area contributed by atoms with Gasteiger partial charge in [-0.15, -0.1) is 0 Å². The monoisotopic (exact) mass is 365 g/mol. The van der Waals surface area contributed by atoms with Crippen molar-refractivity contribution in [3.63, 3.8) is 0 Å². The molecule has 0 aliphatic carbocycles. The minimum atomic E-state index is -0.914. The summed E-state index contributed by atoms with van der Waals surface area (Å²) in [4.78, 5) is 14.9. The zero-order valence-corrected chi connectivity index (χ0v) is 15.3. The summed E-state index contributed by atoms with van der Waals surface area (Å²) in [5.41, 5.74) is 2.32. The summed E-state index contributed by atoms with van der Waals surface area (Å²) < 4.78 is 26.9. The van der Waals surface area contributed by atoms with Gasteiger partial charge >= 0.3 is 0 Å². The fourth-order valence-electron chi connectivity index (χ4n) is 3.16. The van der Waals surface area contributed by atoms with Crippen LogP contribution in [0.1, 0.15) is 35.6 Å². The number of carbonyl (C=O) groups excluding carboxylic acids is 1. The van der Waals surface area contributed by atoms with Crippen molar-refractivity contribution in [1.82, 2.24) is 4.90 Å². The molecular formula is C23H21F2NO. The Balaban J connectivity index is 1.94. The maximum Gasteiger partial charge on any atom is 0.234 e. The van der Waals surface area contributed by atoms with Gasteiger partial charge in [-0.25, -0.2) is 8.78 Å². The molecule has 0 N–H and O–H groups in total. The van der Waals surface area contributed by atoms with Crippen molar-refractivity contribution >= 4 is 5.91 Å². The van der Waals surface area contributed by atoms with Crippen LogP contribution >= 0.6 is 0 Å². The number of rotatable bonds is 5. The van der Waals surface area contributed by atoms with E-state index in [0.29, 0.717) is 5.56 Å². The molecule has 3 aromatic carbocycles. The molecule has 1 amide bonds. The highest BCUT2D eigenvalue weighted by atomic mass is 19.2. The number of likely N-dealkylation sites (N-methyl/N-ethyl adjacent to an activating group) is 1. The van der Waals surface area contributed by atoms with Crippen molar-refractivity contribution in [1.29, 1.82) is 0 Å². The number of hydrogen-bond donors (Lipinski definition) is 0. The minimum absolute atomic E-state index is 0.107. The molecule has 0 spiro atoms. The van der Waals surface area contributed by atoms with Crippen LogP contribution < -0.4 is 0 Å². The average Bonchev–Trinajstić information content (AvgIpc) is 2.70. The molecule has 0 saturated heterocycles. The Morgan fingerprint density at radius 2 is 1.30 bits per heavy atom. The number of halogens is 2. The molecule has 0 aliphatic rings. The second kappa shape index (κ2) is 8.12. The molecule has 138 valence electrons. The minimum Gasteiger partial charge on any atom is -0.338 e. The van der Waals surface area contributed by atoms with Crippen molar-refractivity contribution in [3.05, 3.63) is 107 Å². The second-order valence-electron chi connectivity index (χ2n) is 6.55. The van der Waals surface area contributed by atoms with Gasteiger partial charge in [0.2, 0.25) is 5.91 Å². The van der Waals surface area contributed by atoms with Gasteiger partial charge in [-0.3, -0.25) is 4.79 Å². The quantitative estimate of drug-likeness (QED) is 0.599. The van der Waals surface area contributed by atoms with Gasteiger partial charge in [-0.2, -0.15) is 0 Å². The fraction of sp³-hybridized carbons (Fsp3) is 0.174. The van der Waals surface area contributed by atoms with Gasteiger partial charge in [0.05, 0.1) is 12.0 Å². The zero-order chi connectivity index (χ0) is 19.4. The lowest BCUT2D eigenvalue weighted by Gasteiger charge is -2.30. The topological polar surface area (TPSA) is 20.3 Å². The van der Waals surface area contributed by atoms with Gasteiger partial charge in [-0.1, -0.05) is 66.7 Å². The SMILES string of the molecule is CC(c1ccc(F)c(F)c1)N(C)C(=O)C(c1ccccc1)c1ccccc1. The summed E-state index contributed by atoms with van der Waals surface area (Å²) in [6.07, 6.45) is 0. The van der Waals surface area contributed by atoms with Crippen molar-refractivity contribution in [3.8, 4) is 0 Å². The molecule has 27 heavy (non-hydrogen) atoms. The molecule has 1 unspecified atom stereocenters. The van der Waals surface area contributed by atoms with E-state index in [1.807, 2.05) is 60.7 Å². The fourth-order valence-corrected chi connectivity index (χ4v) is 3.16. The van der Waals surface area contributed by atoms with Gasteiger partial charge in [0, 0.05) is 7.05 Å². The van der Waals surface area contributed by atoms with Crippen molar-refractivity contribution < 1.29 is 13.6 Å². The summed E-state index contributed by atoms with van der Waals surface area (Å²) in [5, 5.41) is 0. The van der Waals surface area contributed by atoms with E-state index in [2.05, 4.69) is 0 Å². The lowest BCUT2D eigenvalue weighted by atomic mass is 9.89. The largest absolute Gasteiger partial charge is 0.338 e. The number of hydrogen-bond acceptors (Lipinski definition) is 1. The van der Waals surface area contributed by atoms with Crippen LogP contribution in [0.2, 0.25) is 0 Å². The third kappa shape index (κ3) is 4.05. The first-order valence-corrected chi connectivity index (χ1v) is 8.80. The molecule has 3 rings (SSSR count). The predicted octanol–water partition coefficient (Wildman–Crippen LogP) is 5.32. The zero-order valence-electron chi connectivity index (χ0n) is 15.3. The van der Waals surface area contributed by atoms with Gasteiger partial charge in [-0.05, 0) is 35.7 Å². The normalized spacial score (nSPS) is 12.0. The first kappa shape index (κ1) is 18.8. The van der Waals surface area contributed by atoms with Crippen LogP contribution in [-0.2, 0) is 4.79 Å². The molecule has 0 fully saturated rings. The number of nitrogens with zero attached hydrogens (tertiary/aromatic N) is 1. The summed E-state index contributed by atoms with van der Waals surface area (Å²) in [5.74, 6) is -2.39. The molecule has 0 radical (unpaired) electrons. The van der Waals surface area contributed by atoms with Gasteiger partial charge in [0.1, 0.15) is 0 Å². The van der Waals surface area contributed by atoms with Gasteiger partial charge in [0.15, 0.2) is 11.6 Å². The molecule has 3 aromatic rings. The van der Waals surface area contributed by atoms with Crippen LogP contribution in [0, 0.1) is 11.6 Å². The van der Waals surface area contributed by atoms with E-state index < -0.39 is 23.6 Å². The van der Waals surface area contributed by atoms with Gasteiger partial charge in [0.25, 0.3) is 0 Å². The van der Waals surface area contributed by atoms with Crippen LogP contribution in [0.4, 0.5) is 8.78 Å². The van der Waals surface area contributed by atoms with Crippen LogP contribution in [0.3, 0.4) is 0 Å². The molecule has 0 saturated carbocycles. The smallest absolute Gasteiger partial charge is 0.234 e. The standard InChI is InChI=1S/C23H21F2NO/c1-16(19-13-14-20(24)21(25)15-19)26(2)23(27)22(17-9-5-3-6-10-17)18-11-7-4-8-12-18/h3-16,22H,1-2H3. The predicted molar refractivity (Wildman–Crippen MR) is 102 cm³/mol. The number of carbonyl (C=O) groups is 1. The van der Waals surface area contributed by atoms with Crippen molar-refractivity contribution in [2.24, 2.45) is 0 Å². The third-order valence-electron chi connectivity index (χ3n) is 4.87. The summed E-state index contributed by atoms with van der Waals surface area (Å²) >= 11 is 0.